The number of nitriles is 1. The minimum Gasteiger partial charge on any atom is -0.325 e. The molecular formula is C15H18FN3O. The Morgan fingerprint density at radius 1 is 1.55 bits per heavy atom. The van der Waals surface area contributed by atoms with Gasteiger partial charge in [-0.05, 0) is 45.4 Å². The van der Waals surface area contributed by atoms with E-state index < -0.39 is 5.82 Å². The predicted molar refractivity (Wildman–Crippen MR) is 74.7 cm³/mol. The van der Waals surface area contributed by atoms with E-state index in [1.54, 1.807) is 6.92 Å². The van der Waals surface area contributed by atoms with E-state index in [2.05, 4.69) is 10.6 Å². The highest BCUT2D eigenvalue weighted by atomic mass is 19.1. The number of carbonyl (C=O) groups is 1. The monoisotopic (exact) mass is 275 g/mol. The quantitative estimate of drug-likeness (QED) is 0.870. The molecule has 2 atom stereocenters. The summed E-state index contributed by atoms with van der Waals surface area (Å²) >= 11 is 0. The van der Waals surface area contributed by atoms with Crippen LogP contribution in [0.2, 0.25) is 0 Å². The molecule has 1 aliphatic heterocycles. The zero-order valence-corrected chi connectivity index (χ0v) is 11.7. The Labute approximate surface area is 118 Å². The zero-order valence-electron chi connectivity index (χ0n) is 11.7. The van der Waals surface area contributed by atoms with Crippen LogP contribution in [0.1, 0.15) is 30.9 Å². The Kier molecular flexibility index (Phi) is 4.35. The first-order chi connectivity index (χ1) is 9.51. The first-order valence-corrected chi connectivity index (χ1v) is 6.75. The molecule has 0 saturated carbocycles. The first-order valence-electron chi connectivity index (χ1n) is 6.75. The second-order valence-electron chi connectivity index (χ2n) is 5.31. The third-order valence-electron chi connectivity index (χ3n) is 3.73. The van der Waals surface area contributed by atoms with Crippen LogP contribution >= 0.6 is 0 Å². The summed E-state index contributed by atoms with van der Waals surface area (Å²) in [5.41, 5.74) is 0.958. The molecule has 2 unspecified atom stereocenters. The molecule has 2 N–H and O–H groups in total. The molecule has 1 heterocycles. The van der Waals surface area contributed by atoms with Crippen molar-refractivity contribution >= 4 is 11.6 Å². The standard InChI is InChI=1S/C15H18FN3O/c1-9-5-12(3-4-18-9)15(20)19-14-7-11(8-17)6-13(16)10(14)2/h6-7,9,12,18H,3-5H2,1-2H3,(H,19,20). The largest absolute Gasteiger partial charge is 0.325 e. The average Bonchev–Trinajstić information content (AvgIpc) is 2.43. The van der Waals surface area contributed by atoms with E-state index in [1.807, 2.05) is 13.0 Å². The Balaban J connectivity index is 2.15. The van der Waals surface area contributed by atoms with Crippen molar-refractivity contribution in [1.29, 1.82) is 5.26 Å². The van der Waals surface area contributed by atoms with Gasteiger partial charge in [-0.25, -0.2) is 4.39 Å². The van der Waals surface area contributed by atoms with Crippen molar-refractivity contribution in [3.63, 3.8) is 0 Å². The van der Waals surface area contributed by atoms with Gasteiger partial charge in [0.15, 0.2) is 0 Å². The van der Waals surface area contributed by atoms with E-state index in [0.29, 0.717) is 17.3 Å². The number of anilines is 1. The van der Waals surface area contributed by atoms with Gasteiger partial charge in [-0.1, -0.05) is 0 Å². The molecule has 1 aromatic rings. The van der Waals surface area contributed by atoms with Gasteiger partial charge in [0.25, 0.3) is 0 Å². The molecule has 0 spiro atoms. The summed E-state index contributed by atoms with van der Waals surface area (Å²) in [6.45, 7) is 4.45. The number of nitrogens with zero attached hydrogens (tertiary/aromatic N) is 1. The van der Waals surface area contributed by atoms with Crippen LogP contribution in [-0.4, -0.2) is 18.5 Å². The number of benzene rings is 1. The van der Waals surface area contributed by atoms with Crippen LogP contribution in [0.5, 0.6) is 0 Å². The van der Waals surface area contributed by atoms with Crippen molar-refractivity contribution in [1.82, 2.24) is 5.32 Å². The second-order valence-corrected chi connectivity index (χ2v) is 5.31. The summed E-state index contributed by atoms with van der Waals surface area (Å²) < 4.78 is 13.7. The van der Waals surface area contributed by atoms with Crippen LogP contribution in [0.3, 0.4) is 0 Å². The summed E-state index contributed by atoms with van der Waals surface area (Å²) in [7, 11) is 0. The van der Waals surface area contributed by atoms with Crippen LogP contribution in [0.4, 0.5) is 10.1 Å². The lowest BCUT2D eigenvalue weighted by atomic mass is 9.92. The minimum atomic E-state index is -0.474. The van der Waals surface area contributed by atoms with E-state index in [1.165, 1.54) is 12.1 Å². The average molecular weight is 275 g/mol. The van der Waals surface area contributed by atoms with Gasteiger partial charge in [-0.15, -0.1) is 0 Å². The van der Waals surface area contributed by atoms with Gasteiger partial charge in [0, 0.05) is 23.2 Å². The molecular weight excluding hydrogens is 257 g/mol. The molecule has 1 saturated heterocycles. The van der Waals surface area contributed by atoms with Gasteiger partial charge in [0.2, 0.25) is 5.91 Å². The van der Waals surface area contributed by atoms with Gasteiger partial charge >= 0.3 is 0 Å². The summed E-state index contributed by atoms with van der Waals surface area (Å²) in [5.74, 6) is -0.645. The Hall–Kier alpha value is -1.93. The molecule has 106 valence electrons. The van der Waals surface area contributed by atoms with E-state index in [0.717, 1.165) is 19.4 Å². The molecule has 20 heavy (non-hydrogen) atoms. The highest BCUT2D eigenvalue weighted by molar-refractivity contribution is 5.93. The van der Waals surface area contributed by atoms with E-state index in [9.17, 15) is 9.18 Å². The lowest BCUT2D eigenvalue weighted by Gasteiger charge is -2.27. The predicted octanol–water partition coefficient (Wildman–Crippen LogP) is 2.33. The molecule has 0 bridgehead atoms. The number of hydrogen-bond donors (Lipinski definition) is 2. The van der Waals surface area contributed by atoms with Crippen LogP contribution < -0.4 is 10.6 Å². The van der Waals surface area contributed by atoms with Crippen LogP contribution in [0.15, 0.2) is 12.1 Å². The van der Waals surface area contributed by atoms with E-state index >= 15 is 0 Å². The number of halogens is 1. The maximum absolute atomic E-state index is 13.7. The van der Waals surface area contributed by atoms with Gasteiger partial charge < -0.3 is 10.6 Å². The highest BCUT2D eigenvalue weighted by Crippen LogP contribution is 2.23. The van der Waals surface area contributed by atoms with Crippen molar-refractivity contribution < 1.29 is 9.18 Å². The fourth-order valence-electron chi connectivity index (χ4n) is 2.48. The van der Waals surface area contributed by atoms with Crippen molar-refractivity contribution in [3.8, 4) is 6.07 Å². The Bertz CT molecular complexity index is 565. The lowest BCUT2D eigenvalue weighted by Crippen LogP contribution is -2.40. The van der Waals surface area contributed by atoms with Crippen LogP contribution in [0, 0.1) is 30.0 Å². The fraction of sp³-hybridized carbons (Fsp3) is 0.467. The highest BCUT2D eigenvalue weighted by Gasteiger charge is 2.25. The molecule has 1 fully saturated rings. The van der Waals surface area contributed by atoms with Crippen molar-refractivity contribution in [3.05, 3.63) is 29.1 Å². The van der Waals surface area contributed by atoms with E-state index in [4.69, 9.17) is 5.26 Å². The molecule has 1 amide bonds. The molecule has 5 heteroatoms. The third-order valence-corrected chi connectivity index (χ3v) is 3.73. The maximum atomic E-state index is 13.7. The zero-order chi connectivity index (χ0) is 14.7. The van der Waals surface area contributed by atoms with Crippen molar-refractivity contribution in [2.75, 3.05) is 11.9 Å². The van der Waals surface area contributed by atoms with Gasteiger partial charge in [0.1, 0.15) is 5.82 Å². The minimum absolute atomic E-state index is 0.0700. The SMILES string of the molecule is Cc1c(F)cc(C#N)cc1NC(=O)C1CCNC(C)C1. The molecule has 0 aromatic heterocycles. The second kappa shape index (κ2) is 6.02. The number of carbonyl (C=O) groups excluding carboxylic acids is 1. The number of hydrogen-bond acceptors (Lipinski definition) is 3. The van der Waals surface area contributed by atoms with Gasteiger partial charge in [-0.2, -0.15) is 5.26 Å². The van der Waals surface area contributed by atoms with Crippen molar-refractivity contribution in [2.24, 2.45) is 5.92 Å². The molecule has 4 nitrogen and oxygen atoms in total. The maximum Gasteiger partial charge on any atom is 0.227 e. The summed E-state index contributed by atoms with van der Waals surface area (Å²) in [6, 6.07) is 4.89. The Morgan fingerprint density at radius 2 is 2.30 bits per heavy atom. The molecule has 0 radical (unpaired) electrons. The number of nitrogens with one attached hydrogen (secondary N) is 2. The lowest BCUT2D eigenvalue weighted by molar-refractivity contribution is -0.120. The van der Waals surface area contributed by atoms with Crippen LogP contribution in [0.25, 0.3) is 0 Å². The fourth-order valence-corrected chi connectivity index (χ4v) is 2.48. The number of piperidine rings is 1. The van der Waals surface area contributed by atoms with E-state index in [-0.39, 0.29) is 17.4 Å². The summed E-state index contributed by atoms with van der Waals surface area (Å²) in [5, 5.41) is 14.9. The molecule has 0 aliphatic carbocycles. The Morgan fingerprint density at radius 3 is 2.95 bits per heavy atom. The van der Waals surface area contributed by atoms with Crippen LogP contribution in [-0.2, 0) is 4.79 Å². The number of amides is 1. The summed E-state index contributed by atoms with van der Waals surface area (Å²) in [6.07, 6.45) is 1.54. The smallest absolute Gasteiger partial charge is 0.227 e. The number of rotatable bonds is 2. The first kappa shape index (κ1) is 14.5. The molecule has 2 rings (SSSR count). The normalized spacial score (nSPS) is 22.1. The summed E-state index contributed by atoms with van der Waals surface area (Å²) in [4.78, 5) is 12.2. The third kappa shape index (κ3) is 3.14. The molecule has 1 aromatic carbocycles. The molecule has 1 aliphatic rings. The van der Waals surface area contributed by atoms with Gasteiger partial charge in [-0.3, -0.25) is 4.79 Å². The topological polar surface area (TPSA) is 64.9 Å². The van der Waals surface area contributed by atoms with Gasteiger partial charge in [0.05, 0.1) is 11.6 Å². The van der Waals surface area contributed by atoms with Crippen molar-refractivity contribution in [2.45, 2.75) is 32.7 Å².